The fourth-order valence-electron chi connectivity index (χ4n) is 3.61. The van der Waals surface area contributed by atoms with Gasteiger partial charge in [0, 0.05) is 31.4 Å². The third kappa shape index (κ3) is 3.87. The molecule has 1 amide bonds. The summed E-state index contributed by atoms with van der Waals surface area (Å²) in [6.45, 7) is 5.12. The van der Waals surface area contributed by atoms with Gasteiger partial charge in [0.15, 0.2) is 5.58 Å². The first-order chi connectivity index (χ1) is 13.5. The standard InChI is InChI=1S/C20H23N3O5/c1-12-3-4-18-17(7-12)23(20(25)27-18)6-5-19(24)21-16-11-26-10-14(16)9-15-8-13(2)22-28-15/h3-4,7-8,14,16H,5-6,9-11H2,1-2H3,(H,21,24)/t14-,16+/m1/s1. The second kappa shape index (κ2) is 7.63. The van der Waals surface area contributed by atoms with E-state index in [1.807, 2.05) is 32.0 Å². The summed E-state index contributed by atoms with van der Waals surface area (Å²) in [6.07, 6.45) is 0.851. The molecule has 4 rings (SSSR count). The summed E-state index contributed by atoms with van der Waals surface area (Å²) in [5.74, 6) is 0.356. The van der Waals surface area contributed by atoms with Crippen LogP contribution in [0.25, 0.3) is 11.1 Å². The van der Waals surface area contributed by atoms with Crippen molar-refractivity contribution in [2.75, 3.05) is 13.2 Å². The average Bonchev–Trinajstić information content (AvgIpc) is 3.33. The first kappa shape index (κ1) is 18.5. The molecule has 148 valence electrons. The van der Waals surface area contributed by atoms with Crippen LogP contribution in [0.2, 0.25) is 0 Å². The Morgan fingerprint density at radius 3 is 2.93 bits per heavy atom. The normalized spacial score (nSPS) is 19.4. The molecule has 28 heavy (non-hydrogen) atoms. The van der Waals surface area contributed by atoms with Gasteiger partial charge in [0.2, 0.25) is 5.91 Å². The molecule has 8 nitrogen and oxygen atoms in total. The van der Waals surface area contributed by atoms with Gasteiger partial charge in [-0.15, -0.1) is 0 Å². The number of benzene rings is 1. The van der Waals surface area contributed by atoms with Gasteiger partial charge in [-0.2, -0.15) is 0 Å². The summed E-state index contributed by atoms with van der Waals surface area (Å²) in [4.78, 5) is 24.6. The maximum atomic E-state index is 12.5. The number of aryl methyl sites for hydroxylation is 3. The Bertz CT molecular complexity index is 1050. The van der Waals surface area contributed by atoms with E-state index in [1.165, 1.54) is 4.57 Å². The summed E-state index contributed by atoms with van der Waals surface area (Å²) in [6, 6.07) is 7.36. The number of amides is 1. The Hall–Kier alpha value is -2.87. The van der Waals surface area contributed by atoms with Gasteiger partial charge >= 0.3 is 5.76 Å². The van der Waals surface area contributed by atoms with Gasteiger partial charge in [-0.05, 0) is 31.5 Å². The molecule has 8 heteroatoms. The minimum Gasteiger partial charge on any atom is -0.408 e. The molecular formula is C20H23N3O5. The highest BCUT2D eigenvalue weighted by Gasteiger charge is 2.30. The van der Waals surface area contributed by atoms with Crippen molar-refractivity contribution in [3.63, 3.8) is 0 Å². The highest BCUT2D eigenvalue weighted by Crippen LogP contribution is 2.20. The lowest BCUT2D eigenvalue weighted by molar-refractivity contribution is -0.122. The number of rotatable bonds is 6. The Balaban J connectivity index is 1.37. The third-order valence-electron chi connectivity index (χ3n) is 5.07. The minimum absolute atomic E-state index is 0.0852. The molecule has 2 aromatic heterocycles. The average molecular weight is 385 g/mol. The molecule has 0 radical (unpaired) electrons. The van der Waals surface area contributed by atoms with Crippen LogP contribution in [0.5, 0.6) is 0 Å². The number of hydrogen-bond acceptors (Lipinski definition) is 6. The zero-order valence-corrected chi connectivity index (χ0v) is 15.9. The molecule has 1 saturated heterocycles. The lowest BCUT2D eigenvalue weighted by atomic mass is 9.98. The second-order valence-electron chi connectivity index (χ2n) is 7.35. The predicted molar refractivity (Wildman–Crippen MR) is 101 cm³/mol. The minimum atomic E-state index is -0.448. The number of nitrogens with zero attached hydrogens (tertiary/aromatic N) is 2. The molecule has 1 fully saturated rings. The Kier molecular flexibility index (Phi) is 5.04. The van der Waals surface area contributed by atoms with Crippen LogP contribution in [0.3, 0.4) is 0 Å². The molecule has 2 atom stereocenters. The largest absolute Gasteiger partial charge is 0.419 e. The van der Waals surface area contributed by atoms with Gasteiger partial charge in [-0.25, -0.2) is 4.79 Å². The second-order valence-corrected chi connectivity index (χ2v) is 7.35. The zero-order valence-electron chi connectivity index (χ0n) is 15.9. The third-order valence-corrected chi connectivity index (χ3v) is 5.07. The first-order valence-corrected chi connectivity index (χ1v) is 9.39. The number of nitrogens with one attached hydrogen (secondary N) is 1. The monoisotopic (exact) mass is 385 g/mol. The van der Waals surface area contributed by atoms with Gasteiger partial charge in [-0.1, -0.05) is 11.2 Å². The van der Waals surface area contributed by atoms with E-state index in [-0.39, 0.29) is 30.8 Å². The molecule has 0 saturated carbocycles. The van der Waals surface area contributed by atoms with E-state index < -0.39 is 5.76 Å². The predicted octanol–water partition coefficient (Wildman–Crippen LogP) is 1.96. The van der Waals surface area contributed by atoms with Gasteiger partial charge in [0.25, 0.3) is 0 Å². The Morgan fingerprint density at radius 1 is 1.29 bits per heavy atom. The van der Waals surface area contributed by atoms with E-state index >= 15 is 0 Å². The van der Waals surface area contributed by atoms with Gasteiger partial charge in [0.1, 0.15) is 5.76 Å². The number of fused-ring (bicyclic) bond motifs is 1. The lowest BCUT2D eigenvalue weighted by Gasteiger charge is -2.18. The Labute approximate surface area is 161 Å². The highest BCUT2D eigenvalue weighted by molar-refractivity contribution is 5.77. The summed E-state index contributed by atoms with van der Waals surface area (Å²) in [5.41, 5.74) is 3.10. The van der Waals surface area contributed by atoms with Crippen molar-refractivity contribution in [2.45, 2.75) is 39.3 Å². The number of ether oxygens (including phenoxy) is 1. The summed E-state index contributed by atoms with van der Waals surface area (Å²) >= 11 is 0. The van der Waals surface area contributed by atoms with E-state index in [9.17, 15) is 9.59 Å². The van der Waals surface area contributed by atoms with E-state index in [0.717, 1.165) is 17.0 Å². The van der Waals surface area contributed by atoms with Crippen LogP contribution in [-0.2, 0) is 22.5 Å². The van der Waals surface area contributed by atoms with Crippen LogP contribution in [0.15, 0.2) is 38.0 Å². The van der Waals surface area contributed by atoms with Crippen molar-refractivity contribution in [1.29, 1.82) is 0 Å². The Morgan fingerprint density at radius 2 is 2.14 bits per heavy atom. The molecule has 0 spiro atoms. The van der Waals surface area contributed by atoms with Gasteiger partial charge in [-0.3, -0.25) is 9.36 Å². The fraction of sp³-hybridized carbons (Fsp3) is 0.450. The van der Waals surface area contributed by atoms with Crippen molar-refractivity contribution in [2.24, 2.45) is 5.92 Å². The molecular weight excluding hydrogens is 362 g/mol. The van der Waals surface area contributed by atoms with Crippen molar-refractivity contribution < 1.29 is 18.5 Å². The zero-order chi connectivity index (χ0) is 19.7. The van der Waals surface area contributed by atoms with Crippen molar-refractivity contribution in [3.05, 3.63) is 51.8 Å². The van der Waals surface area contributed by atoms with Crippen LogP contribution in [0.4, 0.5) is 0 Å². The van der Waals surface area contributed by atoms with Crippen LogP contribution >= 0.6 is 0 Å². The number of oxazole rings is 1. The molecule has 3 aromatic rings. The van der Waals surface area contributed by atoms with Crippen LogP contribution in [0, 0.1) is 19.8 Å². The van der Waals surface area contributed by atoms with Crippen LogP contribution < -0.4 is 11.1 Å². The van der Waals surface area contributed by atoms with Gasteiger partial charge < -0.3 is 19.0 Å². The summed E-state index contributed by atoms with van der Waals surface area (Å²) in [7, 11) is 0. The molecule has 0 aliphatic carbocycles. The summed E-state index contributed by atoms with van der Waals surface area (Å²) in [5, 5.41) is 6.92. The topological polar surface area (TPSA) is 99.5 Å². The smallest absolute Gasteiger partial charge is 0.408 e. The van der Waals surface area contributed by atoms with E-state index in [2.05, 4.69) is 10.5 Å². The number of hydrogen-bond donors (Lipinski definition) is 1. The number of carbonyl (C=O) groups excluding carboxylic acids is 1. The molecule has 1 aliphatic rings. The van der Waals surface area contributed by atoms with Crippen LogP contribution in [0.1, 0.15) is 23.4 Å². The molecule has 3 heterocycles. The first-order valence-electron chi connectivity index (χ1n) is 9.39. The quantitative estimate of drug-likeness (QED) is 0.696. The van der Waals surface area contributed by atoms with Crippen molar-refractivity contribution in [1.82, 2.24) is 15.0 Å². The van der Waals surface area contributed by atoms with Crippen LogP contribution in [-0.4, -0.2) is 34.9 Å². The van der Waals surface area contributed by atoms with Gasteiger partial charge in [0.05, 0.1) is 30.5 Å². The van der Waals surface area contributed by atoms with E-state index in [0.29, 0.717) is 30.7 Å². The summed E-state index contributed by atoms with van der Waals surface area (Å²) < 4.78 is 17.6. The van der Waals surface area contributed by atoms with E-state index in [1.54, 1.807) is 6.07 Å². The number of aromatic nitrogens is 2. The molecule has 1 N–H and O–H groups in total. The molecule has 1 aromatic carbocycles. The molecule has 0 unspecified atom stereocenters. The fourth-order valence-corrected chi connectivity index (χ4v) is 3.61. The molecule has 0 bridgehead atoms. The lowest BCUT2D eigenvalue weighted by Crippen LogP contribution is -2.41. The van der Waals surface area contributed by atoms with E-state index in [4.69, 9.17) is 13.7 Å². The van der Waals surface area contributed by atoms with Crippen molar-refractivity contribution in [3.8, 4) is 0 Å². The highest BCUT2D eigenvalue weighted by atomic mass is 16.5. The maximum Gasteiger partial charge on any atom is 0.419 e. The van der Waals surface area contributed by atoms with Crippen molar-refractivity contribution >= 4 is 17.0 Å². The number of carbonyl (C=O) groups is 1. The SMILES string of the molecule is Cc1ccc2oc(=O)n(CCC(=O)N[C@H]3COC[C@H]3Cc3cc(C)no3)c2c1. The maximum absolute atomic E-state index is 12.5. The molecule has 1 aliphatic heterocycles.